The quantitative estimate of drug-likeness (QED) is 0.821. The maximum atomic E-state index is 13.3. The highest BCUT2D eigenvalue weighted by atomic mass is 35.5. The van der Waals surface area contributed by atoms with Crippen LogP contribution < -0.4 is 5.32 Å². The molecule has 2 amide bonds. The summed E-state index contributed by atoms with van der Waals surface area (Å²) in [6, 6.07) is 11.5. The van der Waals surface area contributed by atoms with E-state index in [-0.39, 0.29) is 23.3 Å². The summed E-state index contributed by atoms with van der Waals surface area (Å²) in [6.45, 7) is 1.96. The molecule has 3 rings (SSSR count). The lowest BCUT2D eigenvalue weighted by Gasteiger charge is -2.09. The van der Waals surface area contributed by atoms with E-state index in [4.69, 9.17) is 11.6 Å². The molecule has 8 heteroatoms. The first-order valence-corrected chi connectivity index (χ1v) is 9.44. The number of hydrogen-bond acceptors (Lipinski definition) is 4. The molecule has 1 heterocycles. The molecule has 0 radical (unpaired) electrons. The zero-order chi connectivity index (χ0) is 19.6. The highest BCUT2D eigenvalue weighted by Crippen LogP contribution is 2.31. The number of nitrogens with one attached hydrogen (secondary N) is 1. The Bertz CT molecular complexity index is 918. The number of nitrogens with zero attached hydrogens (tertiary/aromatic N) is 2. The molecule has 0 aromatic heterocycles. The number of carbonyl (C=O) groups is 2. The Hall–Kier alpha value is -2.38. The molecule has 1 aliphatic heterocycles. The fraction of sp³-hybridized carbons (Fsp3) is 0.211. The highest BCUT2D eigenvalue weighted by molar-refractivity contribution is 8.15. The zero-order valence-electron chi connectivity index (χ0n) is 14.7. The number of halogens is 2. The second-order valence-corrected chi connectivity index (χ2v) is 7.69. The summed E-state index contributed by atoms with van der Waals surface area (Å²) in [5, 5.41) is 2.63. The molecule has 1 fully saturated rings. The van der Waals surface area contributed by atoms with Crippen molar-refractivity contribution in [1.82, 2.24) is 4.90 Å². The number of aryl methyl sites for hydroxylation is 1. The molecular weight excluding hydrogens is 389 g/mol. The number of thioether (sulfide) groups is 1. The van der Waals surface area contributed by atoms with Gasteiger partial charge in [0.15, 0.2) is 5.17 Å². The molecule has 1 aliphatic rings. The van der Waals surface area contributed by atoms with Crippen LogP contribution in [-0.2, 0) is 9.59 Å². The van der Waals surface area contributed by atoms with Crippen molar-refractivity contribution in [1.29, 1.82) is 0 Å². The minimum atomic E-state index is -0.560. The number of carbonyl (C=O) groups excluding carboxylic acids is 2. The van der Waals surface area contributed by atoms with Crippen molar-refractivity contribution in [2.45, 2.75) is 18.6 Å². The number of amidine groups is 1. The predicted molar refractivity (Wildman–Crippen MR) is 107 cm³/mol. The standard InChI is InChI=1S/C19H17ClFN3O2S/c1-11-3-5-12(6-4-11)22-17(25)10-16-18(26)24(2)19(27-16)23-13-7-8-15(21)14(20)9-13/h3-9,16H,10H2,1-2H3,(H,22,25). The van der Waals surface area contributed by atoms with E-state index in [1.807, 2.05) is 31.2 Å². The van der Waals surface area contributed by atoms with E-state index in [2.05, 4.69) is 10.3 Å². The van der Waals surface area contributed by atoms with Crippen LogP contribution in [0.2, 0.25) is 5.02 Å². The predicted octanol–water partition coefficient (Wildman–Crippen LogP) is 4.38. The lowest BCUT2D eigenvalue weighted by atomic mass is 10.2. The van der Waals surface area contributed by atoms with Gasteiger partial charge in [-0.15, -0.1) is 0 Å². The Morgan fingerprint density at radius 3 is 2.67 bits per heavy atom. The smallest absolute Gasteiger partial charge is 0.242 e. The Labute approximate surface area is 165 Å². The summed E-state index contributed by atoms with van der Waals surface area (Å²) < 4.78 is 13.3. The molecule has 0 aliphatic carbocycles. The number of aliphatic imine (C=N–C) groups is 1. The molecule has 0 spiro atoms. The molecule has 27 heavy (non-hydrogen) atoms. The molecule has 1 saturated heterocycles. The number of hydrogen-bond donors (Lipinski definition) is 1. The summed E-state index contributed by atoms with van der Waals surface area (Å²) in [6.07, 6.45) is 0.0326. The van der Waals surface area contributed by atoms with Gasteiger partial charge < -0.3 is 5.32 Å². The second kappa shape index (κ2) is 8.10. The normalized spacial score (nSPS) is 18.2. The summed E-state index contributed by atoms with van der Waals surface area (Å²) in [4.78, 5) is 30.4. The molecule has 0 bridgehead atoms. The van der Waals surface area contributed by atoms with Crippen molar-refractivity contribution in [3.8, 4) is 0 Å². The Morgan fingerprint density at radius 1 is 1.30 bits per heavy atom. The van der Waals surface area contributed by atoms with Gasteiger partial charge in [0, 0.05) is 19.2 Å². The SMILES string of the molecule is Cc1ccc(NC(=O)CC2SC(=Nc3ccc(F)c(Cl)c3)N(C)C2=O)cc1. The topological polar surface area (TPSA) is 61.8 Å². The summed E-state index contributed by atoms with van der Waals surface area (Å²) in [5.74, 6) is -0.982. The van der Waals surface area contributed by atoms with Gasteiger partial charge in [0.2, 0.25) is 11.8 Å². The Morgan fingerprint density at radius 2 is 2.00 bits per heavy atom. The molecule has 5 nitrogen and oxygen atoms in total. The first-order chi connectivity index (χ1) is 12.8. The third kappa shape index (κ3) is 4.67. The van der Waals surface area contributed by atoms with Gasteiger partial charge in [-0.3, -0.25) is 14.5 Å². The van der Waals surface area contributed by atoms with Crippen molar-refractivity contribution in [2.24, 2.45) is 4.99 Å². The third-order valence-electron chi connectivity index (χ3n) is 3.97. The van der Waals surface area contributed by atoms with Gasteiger partial charge in [0.25, 0.3) is 0 Å². The first kappa shape index (κ1) is 19.4. The van der Waals surface area contributed by atoms with E-state index in [0.29, 0.717) is 16.5 Å². The molecular formula is C19H17ClFN3O2S. The van der Waals surface area contributed by atoms with Crippen molar-refractivity contribution in [2.75, 3.05) is 12.4 Å². The van der Waals surface area contributed by atoms with Crippen LogP contribution in [0.4, 0.5) is 15.8 Å². The van der Waals surface area contributed by atoms with E-state index in [9.17, 15) is 14.0 Å². The van der Waals surface area contributed by atoms with Crippen LogP contribution in [0.3, 0.4) is 0 Å². The van der Waals surface area contributed by atoms with E-state index in [0.717, 1.165) is 5.56 Å². The number of benzene rings is 2. The van der Waals surface area contributed by atoms with Crippen LogP contribution in [-0.4, -0.2) is 34.2 Å². The van der Waals surface area contributed by atoms with E-state index >= 15 is 0 Å². The fourth-order valence-corrected chi connectivity index (χ4v) is 3.81. The molecule has 1 atom stereocenters. The zero-order valence-corrected chi connectivity index (χ0v) is 16.3. The van der Waals surface area contributed by atoms with Crippen molar-refractivity contribution < 1.29 is 14.0 Å². The highest BCUT2D eigenvalue weighted by Gasteiger charge is 2.37. The molecule has 0 saturated carbocycles. The van der Waals surface area contributed by atoms with Crippen LogP contribution in [0, 0.1) is 12.7 Å². The number of anilines is 1. The molecule has 1 unspecified atom stereocenters. The van der Waals surface area contributed by atoms with E-state index in [1.165, 1.54) is 34.9 Å². The largest absolute Gasteiger partial charge is 0.326 e. The van der Waals surface area contributed by atoms with Crippen molar-refractivity contribution in [3.05, 3.63) is 58.9 Å². The second-order valence-electron chi connectivity index (χ2n) is 6.11. The third-order valence-corrected chi connectivity index (χ3v) is 5.49. The summed E-state index contributed by atoms with van der Waals surface area (Å²) in [5.41, 5.74) is 2.22. The monoisotopic (exact) mass is 405 g/mol. The van der Waals surface area contributed by atoms with E-state index in [1.54, 1.807) is 7.05 Å². The van der Waals surface area contributed by atoms with Crippen LogP contribution in [0.1, 0.15) is 12.0 Å². The molecule has 140 valence electrons. The van der Waals surface area contributed by atoms with Gasteiger partial charge in [-0.2, -0.15) is 0 Å². The lowest BCUT2D eigenvalue weighted by molar-refractivity contribution is -0.127. The van der Waals surface area contributed by atoms with Gasteiger partial charge in [-0.05, 0) is 37.3 Å². The van der Waals surface area contributed by atoms with Gasteiger partial charge in [0.05, 0.1) is 10.7 Å². The van der Waals surface area contributed by atoms with E-state index < -0.39 is 11.1 Å². The van der Waals surface area contributed by atoms with Gasteiger partial charge in [-0.1, -0.05) is 41.1 Å². The minimum Gasteiger partial charge on any atom is -0.326 e. The van der Waals surface area contributed by atoms with Crippen LogP contribution in [0.25, 0.3) is 0 Å². The molecule has 2 aromatic carbocycles. The minimum absolute atomic E-state index is 0.0326. The maximum absolute atomic E-state index is 13.3. The fourth-order valence-electron chi connectivity index (χ4n) is 2.48. The van der Waals surface area contributed by atoms with Crippen molar-refractivity contribution >= 4 is 51.7 Å². The van der Waals surface area contributed by atoms with Gasteiger partial charge >= 0.3 is 0 Å². The first-order valence-electron chi connectivity index (χ1n) is 8.18. The number of amides is 2. The molecule has 1 N–H and O–H groups in total. The van der Waals surface area contributed by atoms with Gasteiger partial charge in [-0.25, -0.2) is 9.38 Å². The van der Waals surface area contributed by atoms with Crippen molar-refractivity contribution in [3.63, 3.8) is 0 Å². The average Bonchev–Trinajstić information content (AvgIpc) is 2.88. The number of rotatable bonds is 4. The van der Waals surface area contributed by atoms with Crippen LogP contribution in [0.5, 0.6) is 0 Å². The van der Waals surface area contributed by atoms with Gasteiger partial charge in [0.1, 0.15) is 11.1 Å². The Kier molecular flexibility index (Phi) is 5.82. The average molecular weight is 406 g/mol. The molecule has 2 aromatic rings. The van der Waals surface area contributed by atoms with Crippen LogP contribution in [0.15, 0.2) is 47.5 Å². The van der Waals surface area contributed by atoms with Crippen LogP contribution >= 0.6 is 23.4 Å². The summed E-state index contributed by atoms with van der Waals surface area (Å²) >= 11 is 6.97. The maximum Gasteiger partial charge on any atom is 0.242 e. The lowest BCUT2D eigenvalue weighted by Crippen LogP contribution is -2.30. The summed E-state index contributed by atoms with van der Waals surface area (Å²) in [7, 11) is 1.59. The Balaban J connectivity index is 1.67.